The number of hydrogen-bond acceptors (Lipinski definition) is 4. The Morgan fingerprint density at radius 1 is 1.08 bits per heavy atom. The van der Waals surface area contributed by atoms with Crippen molar-refractivity contribution in [2.75, 3.05) is 31.9 Å². The maximum absolute atomic E-state index is 12.7. The lowest BCUT2D eigenvalue weighted by molar-refractivity contribution is -0.132. The molecule has 0 aliphatic carbocycles. The second kappa shape index (κ2) is 7.15. The van der Waals surface area contributed by atoms with Crippen molar-refractivity contribution in [3.63, 3.8) is 0 Å². The molecule has 0 aromatic heterocycles. The summed E-state index contributed by atoms with van der Waals surface area (Å²) in [5.74, 6) is 0.239. The molecule has 1 fully saturated rings. The van der Waals surface area contributed by atoms with E-state index in [1.165, 1.54) is 0 Å². The van der Waals surface area contributed by atoms with Gasteiger partial charge in [-0.15, -0.1) is 0 Å². The van der Waals surface area contributed by atoms with Crippen molar-refractivity contribution in [3.05, 3.63) is 29.3 Å². The highest BCUT2D eigenvalue weighted by Gasteiger charge is 2.27. The van der Waals surface area contributed by atoms with E-state index in [4.69, 9.17) is 0 Å². The molecule has 3 rings (SSSR count). The molecule has 25 heavy (non-hydrogen) atoms. The van der Waals surface area contributed by atoms with Crippen molar-refractivity contribution in [2.24, 2.45) is 0 Å². The lowest BCUT2D eigenvalue weighted by Gasteiger charge is -2.35. The number of carbonyl (C=O) groups is 2. The molecule has 1 aromatic carbocycles. The molecule has 2 aliphatic heterocycles. The fraction of sp³-hybridized carbons (Fsp3) is 0.556. The lowest BCUT2D eigenvalue weighted by Crippen LogP contribution is -2.50. The molecule has 0 N–H and O–H groups in total. The van der Waals surface area contributed by atoms with Gasteiger partial charge in [-0.25, -0.2) is 8.42 Å². The molecule has 2 amide bonds. The number of piperazine rings is 1. The monoisotopic (exact) mass is 364 g/mol. The van der Waals surface area contributed by atoms with Gasteiger partial charge in [-0.3, -0.25) is 9.59 Å². The van der Waals surface area contributed by atoms with Gasteiger partial charge in [0.05, 0.1) is 10.6 Å². The minimum atomic E-state index is -3.20. The molecule has 7 heteroatoms. The molecule has 1 saturated heterocycles. The van der Waals surface area contributed by atoms with E-state index in [9.17, 15) is 18.0 Å². The molecule has 136 valence electrons. The second-order valence-corrected chi connectivity index (χ2v) is 8.75. The summed E-state index contributed by atoms with van der Waals surface area (Å²) < 4.78 is 24.2. The van der Waals surface area contributed by atoms with E-state index in [0.717, 1.165) is 12.0 Å². The molecule has 0 spiro atoms. The minimum absolute atomic E-state index is 0.0895. The van der Waals surface area contributed by atoms with Gasteiger partial charge in [0.1, 0.15) is 0 Å². The molecule has 1 aromatic rings. The van der Waals surface area contributed by atoms with Crippen molar-refractivity contribution in [3.8, 4) is 0 Å². The first-order valence-electron chi connectivity index (χ1n) is 8.85. The van der Waals surface area contributed by atoms with E-state index in [2.05, 4.69) is 0 Å². The highest BCUT2D eigenvalue weighted by Crippen LogP contribution is 2.26. The number of carbonyl (C=O) groups excluding carboxylic acids is 2. The highest BCUT2D eigenvalue weighted by molar-refractivity contribution is 7.91. The van der Waals surface area contributed by atoms with Crippen LogP contribution in [0.2, 0.25) is 0 Å². The smallest absolute Gasteiger partial charge is 0.253 e. The first-order chi connectivity index (χ1) is 11.9. The van der Waals surface area contributed by atoms with Crippen LogP contribution in [0.4, 0.5) is 0 Å². The van der Waals surface area contributed by atoms with Gasteiger partial charge in [-0.2, -0.15) is 0 Å². The fourth-order valence-corrected chi connectivity index (χ4v) is 5.07. The van der Waals surface area contributed by atoms with Gasteiger partial charge in [0.2, 0.25) is 5.91 Å². The Morgan fingerprint density at radius 2 is 1.76 bits per heavy atom. The Hall–Kier alpha value is -1.89. The van der Waals surface area contributed by atoms with E-state index in [1.807, 2.05) is 11.8 Å². The molecule has 2 heterocycles. The molecule has 2 aliphatic rings. The van der Waals surface area contributed by atoms with Crippen LogP contribution in [0.15, 0.2) is 23.1 Å². The van der Waals surface area contributed by atoms with Gasteiger partial charge < -0.3 is 9.80 Å². The molecule has 0 atom stereocenters. The molecule has 0 saturated carbocycles. The average Bonchev–Trinajstić information content (AvgIpc) is 2.61. The van der Waals surface area contributed by atoms with Crippen LogP contribution in [-0.4, -0.2) is 62.0 Å². The third kappa shape index (κ3) is 3.71. The van der Waals surface area contributed by atoms with Crippen molar-refractivity contribution >= 4 is 21.7 Å². The van der Waals surface area contributed by atoms with Gasteiger partial charge in [-0.05, 0) is 43.0 Å². The van der Waals surface area contributed by atoms with Gasteiger partial charge in [0, 0.05) is 38.2 Å². The first-order valence-corrected chi connectivity index (χ1v) is 10.5. The van der Waals surface area contributed by atoms with Gasteiger partial charge >= 0.3 is 0 Å². The lowest BCUT2D eigenvalue weighted by atomic mass is 10.0. The standard InChI is InChI=1S/C18H24N2O4S/c1-2-4-17(21)19-8-10-20(11-9-19)18(22)15-6-7-16-14(13-15)5-3-12-25(16,23)24/h6-7,13H,2-5,8-12H2,1H3. The van der Waals surface area contributed by atoms with Crippen LogP contribution < -0.4 is 0 Å². The van der Waals surface area contributed by atoms with E-state index in [0.29, 0.717) is 55.9 Å². The summed E-state index contributed by atoms with van der Waals surface area (Å²) >= 11 is 0. The molecule has 0 radical (unpaired) electrons. The largest absolute Gasteiger partial charge is 0.339 e. The SMILES string of the molecule is CCCC(=O)N1CCN(C(=O)c2ccc3c(c2)CCCS3(=O)=O)CC1. The fourth-order valence-electron chi connectivity index (χ4n) is 3.49. The maximum atomic E-state index is 12.7. The normalized spacial score (nSPS) is 19.4. The number of fused-ring (bicyclic) bond motifs is 1. The quantitative estimate of drug-likeness (QED) is 0.814. The number of benzene rings is 1. The van der Waals surface area contributed by atoms with Gasteiger partial charge in [0.15, 0.2) is 9.84 Å². The predicted molar refractivity (Wildman–Crippen MR) is 94.2 cm³/mol. The Labute approximate surface area is 148 Å². The number of rotatable bonds is 3. The second-order valence-electron chi connectivity index (χ2n) is 6.67. The van der Waals surface area contributed by atoms with Gasteiger partial charge in [-0.1, -0.05) is 6.92 Å². The van der Waals surface area contributed by atoms with Crippen LogP contribution in [0.3, 0.4) is 0 Å². The number of sulfone groups is 1. The zero-order valence-electron chi connectivity index (χ0n) is 14.5. The van der Waals surface area contributed by atoms with Crippen LogP contribution in [0.5, 0.6) is 0 Å². The summed E-state index contributed by atoms with van der Waals surface area (Å²) in [6.45, 7) is 4.13. The molecular weight excluding hydrogens is 340 g/mol. The van der Waals surface area contributed by atoms with E-state index in [-0.39, 0.29) is 17.6 Å². The number of aryl methyl sites for hydroxylation is 1. The van der Waals surface area contributed by atoms with E-state index < -0.39 is 9.84 Å². The van der Waals surface area contributed by atoms with Crippen LogP contribution in [0.25, 0.3) is 0 Å². The van der Waals surface area contributed by atoms with Gasteiger partial charge in [0.25, 0.3) is 5.91 Å². The summed E-state index contributed by atoms with van der Waals surface area (Å²) in [5.41, 5.74) is 1.28. The molecular formula is C18H24N2O4S. The topological polar surface area (TPSA) is 74.8 Å². The zero-order valence-corrected chi connectivity index (χ0v) is 15.3. The number of amides is 2. The predicted octanol–water partition coefficient (Wildman–Crippen LogP) is 1.49. The summed E-state index contributed by atoms with van der Waals surface area (Å²) in [6, 6.07) is 4.90. The average molecular weight is 364 g/mol. The Kier molecular flexibility index (Phi) is 5.13. The summed E-state index contributed by atoms with van der Waals surface area (Å²) in [7, 11) is -3.20. The third-order valence-corrected chi connectivity index (χ3v) is 6.78. The summed E-state index contributed by atoms with van der Waals surface area (Å²) in [5, 5.41) is 0. The third-order valence-electron chi connectivity index (χ3n) is 4.89. The molecule has 0 unspecified atom stereocenters. The first kappa shape index (κ1) is 17.9. The Balaban J connectivity index is 1.70. The summed E-state index contributed by atoms with van der Waals surface area (Å²) in [6.07, 6.45) is 2.67. The van der Waals surface area contributed by atoms with Crippen molar-refractivity contribution < 1.29 is 18.0 Å². The van der Waals surface area contributed by atoms with Crippen molar-refractivity contribution in [1.29, 1.82) is 0 Å². The molecule has 0 bridgehead atoms. The number of hydrogen-bond donors (Lipinski definition) is 0. The van der Waals surface area contributed by atoms with Crippen LogP contribution >= 0.6 is 0 Å². The maximum Gasteiger partial charge on any atom is 0.253 e. The van der Waals surface area contributed by atoms with E-state index in [1.54, 1.807) is 23.1 Å². The van der Waals surface area contributed by atoms with Crippen LogP contribution in [-0.2, 0) is 21.1 Å². The zero-order chi connectivity index (χ0) is 18.0. The Bertz CT molecular complexity index is 780. The minimum Gasteiger partial charge on any atom is -0.339 e. The van der Waals surface area contributed by atoms with Crippen LogP contribution in [0, 0.1) is 0 Å². The Morgan fingerprint density at radius 3 is 2.44 bits per heavy atom. The van der Waals surface area contributed by atoms with E-state index >= 15 is 0 Å². The van der Waals surface area contributed by atoms with Crippen molar-refractivity contribution in [2.45, 2.75) is 37.5 Å². The van der Waals surface area contributed by atoms with Crippen LogP contribution in [0.1, 0.15) is 42.1 Å². The van der Waals surface area contributed by atoms with Crippen molar-refractivity contribution in [1.82, 2.24) is 9.80 Å². The molecule has 6 nitrogen and oxygen atoms in total. The highest BCUT2D eigenvalue weighted by atomic mass is 32.2. The number of nitrogens with zero attached hydrogens (tertiary/aromatic N) is 2. The summed E-state index contributed by atoms with van der Waals surface area (Å²) in [4.78, 5) is 28.6.